The zero-order valence-corrected chi connectivity index (χ0v) is 17.4. The van der Waals surface area contributed by atoms with Gasteiger partial charge in [-0.25, -0.2) is 4.98 Å². The van der Waals surface area contributed by atoms with E-state index in [1.54, 1.807) is 0 Å². The van der Waals surface area contributed by atoms with Crippen molar-refractivity contribution in [1.82, 2.24) is 4.98 Å². The Morgan fingerprint density at radius 3 is 2.39 bits per heavy atom. The number of benzene rings is 3. The molecule has 2 heteroatoms. The summed E-state index contributed by atoms with van der Waals surface area (Å²) in [6.07, 6.45) is 6.77. The Morgan fingerprint density at radius 1 is 0.964 bits per heavy atom. The van der Waals surface area contributed by atoms with Crippen molar-refractivity contribution in [2.45, 2.75) is 58.9 Å². The second kappa shape index (κ2) is 6.27. The number of hydrogen-bond acceptors (Lipinski definition) is 1. The maximum Gasteiger partial charge on any atom is 0.240 e. The lowest BCUT2D eigenvalue weighted by Crippen LogP contribution is -2.59. The molecule has 0 aliphatic carbocycles. The van der Waals surface area contributed by atoms with Crippen LogP contribution in [0.5, 0.6) is 0 Å². The van der Waals surface area contributed by atoms with Gasteiger partial charge in [-0.15, -0.1) is 0 Å². The highest BCUT2D eigenvalue weighted by molar-refractivity contribution is 6.23. The van der Waals surface area contributed by atoms with E-state index in [1.807, 2.05) is 0 Å². The maximum atomic E-state index is 5.24. The van der Waals surface area contributed by atoms with Crippen LogP contribution in [0.4, 0.5) is 0 Å². The topological polar surface area (TPSA) is 16.8 Å². The van der Waals surface area contributed by atoms with Crippen LogP contribution in [-0.2, 0) is 18.4 Å². The molecule has 0 saturated heterocycles. The molecule has 0 radical (unpaired) electrons. The van der Waals surface area contributed by atoms with Crippen molar-refractivity contribution >= 4 is 32.6 Å². The van der Waals surface area contributed by atoms with E-state index in [2.05, 4.69) is 80.9 Å². The minimum absolute atomic E-state index is 0.136. The Labute approximate surface area is 167 Å². The average molecular weight is 370 g/mol. The molecule has 0 spiro atoms. The fourth-order valence-electron chi connectivity index (χ4n) is 5.33. The van der Waals surface area contributed by atoms with Crippen LogP contribution in [-0.4, -0.2) is 4.98 Å². The van der Waals surface area contributed by atoms with E-state index < -0.39 is 0 Å². The van der Waals surface area contributed by atoms with Crippen molar-refractivity contribution in [3.8, 4) is 0 Å². The molecule has 1 aromatic heterocycles. The number of rotatable bonds is 4. The Hall–Kier alpha value is -2.48. The molecular weight excluding hydrogens is 340 g/mol. The summed E-state index contributed by atoms with van der Waals surface area (Å²) in [5, 5.41) is 5.39. The lowest BCUT2D eigenvalue weighted by molar-refractivity contribution is -0.744. The lowest BCUT2D eigenvalue weighted by Gasteiger charge is -2.32. The summed E-state index contributed by atoms with van der Waals surface area (Å²) >= 11 is 0. The normalized spacial score (nSPS) is 15.3. The molecule has 0 amide bonds. The molecule has 3 aromatic carbocycles. The highest BCUT2D eigenvalue weighted by Crippen LogP contribution is 2.41. The largest absolute Gasteiger partial charge is 0.240 e. The highest BCUT2D eigenvalue weighted by Gasteiger charge is 2.43. The average Bonchev–Trinajstić information content (AvgIpc) is 2.71. The van der Waals surface area contributed by atoms with Gasteiger partial charge in [0.25, 0.3) is 0 Å². The molecule has 1 aliphatic heterocycles. The zero-order chi connectivity index (χ0) is 19.5. The summed E-state index contributed by atoms with van der Waals surface area (Å²) in [5.41, 5.74) is 5.36. The molecule has 28 heavy (non-hydrogen) atoms. The number of nitrogens with zero attached hydrogens (tertiary/aromatic N) is 2. The van der Waals surface area contributed by atoms with Crippen LogP contribution in [0.1, 0.15) is 51.8 Å². The molecule has 0 N–H and O–H groups in total. The fraction of sp³-hybridized carbons (Fsp3) is 0.385. The maximum absolute atomic E-state index is 5.24. The van der Waals surface area contributed by atoms with Crippen LogP contribution in [0.25, 0.3) is 32.6 Å². The van der Waals surface area contributed by atoms with E-state index in [9.17, 15) is 0 Å². The van der Waals surface area contributed by atoms with Crippen molar-refractivity contribution < 1.29 is 4.57 Å². The van der Waals surface area contributed by atoms with Crippen molar-refractivity contribution in [1.29, 1.82) is 0 Å². The third kappa shape index (κ3) is 2.33. The number of fused-ring (bicyclic) bond motifs is 3. The van der Waals surface area contributed by atoms with Gasteiger partial charge in [0.15, 0.2) is 11.7 Å². The van der Waals surface area contributed by atoms with Gasteiger partial charge in [0, 0.05) is 24.6 Å². The van der Waals surface area contributed by atoms with Gasteiger partial charge in [0.2, 0.25) is 5.52 Å². The van der Waals surface area contributed by atoms with Crippen LogP contribution >= 0.6 is 0 Å². The summed E-state index contributed by atoms with van der Waals surface area (Å²) in [4.78, 5) is 5.24. The van der Waals surface area contributed by atoms with Gasteiger partial charge in [0.05, 0.1) is 5.39 Å². The third-order valence-electron chi connectivity index (χ3n) is 6.82. The van der Waals surface area contributed by atoms with Gasteiger partial charge in [0.1, 0.15) is 11.2 Å². The van der Waals surface area contributed by atoms with E-state index in [0.717, 1.165) is 25.7 Å². The van der Waals surface area contributed by atoms with Crippen molar-refractivity contribution in [3.05, 3.63) is 59.9 Å². The van der Waals surface area contributed by atoms with Gasteiger partial charge in [-0.05, 0) is 28.7 Å². The molecule has 4 aromatic rings. The van der Waals surface area contributed by atoms with E-state index in [-0.39, 0.29) is 5.54 Å². The van der Waals surface area contributed by atoms with E-state index in [4.69, 9.17) is 4.98 Å². The summed E-state index contributed by atoms with van der Waals surface area (Å²) in [5.74, 6) is 0.598. The molecule has 0 bridgehead atoms. The highest BCUT2D eigenvalue weighted by atomic mass is 15.1. The van der Waals surface area contributed by atoms with Gasteiger partial charge in [-0.1, -0.05) is 70.2 Å². The van der Waals surface area contributed by atoms with E-state index >= 15 is 0 Å². The number of hydrogen-bond donors (Lipinski definition) is 0. The summed E-state index contributed by atoms with van der Waals surface area (Å²) < 4.78 is 2.62. The van der Waals surface area contributed by atoms with Gasteiger partial charge in [-0.2, -0.15) is 4.57 Å². The van der Waals surface area contributed by atoms with E-state index in [1.165, 1.54) is 43.8 Å². The minimum Gasteiger partial charge on any atom is -0.240 e. The molecule has 0 unspecified atom stereocenters. The molecule has 142 valence electrons. The Balaban J connectivity index is 2.05. The third-order valence-corrected chi connectivity index (χ3v) is 6.82. The SMILES string of the molecule is CCC1(CC)Cc2cccc3c4ccccc4c4nc(CC(C)C)c[n+]1c4c23. The van der Waals surface area contributed by atoms with Gasteiger partial charge >= 0.3 is 0 Å². The lowest BCUT2D eigenvalue weighted by atomic mass is 9.79. The summed E-state index contributed by atoms with van der Waals surface area (Å²) in [7, 11) is 0. The van der Waals surface area contributed by atoms with E-state index in [0.29, 0.717) is 5.92 Å². The van der Waals surface area contributed by atoms with Gasteiger partial charge in [-0.3, -0.25) is 0 Å². The van der Waals surface area contributed by atoms with Crippen LogP contribution < -0.4 is 4.57 Å². The van der Waals surface area contributed by atoms with Crippen molar-refractivity contribution in [2.24, 2.45) is 5.92 Å². The first-order valence-electron chi connectivity index (χ1n) is 10.8. The predicted octanol–water partition coefficient (Wildman–Crippen LogP) is 6.10. The van der Waals surface area contributed by atoms with Crippen molar-refractivity contribution in [2.75, 3.05) is 0 Å². The quantitative estimate of drug-likeness (QED) is 0.314. The van der Waals surface area contributed by atoms with Crippen molar-refractivity contribution in [3.63, 3.8) is 0 Å². The smallest absolute Gasteiger partial charge is 0.240 e. The fourth-order valence-corrected chi connectivity index (χ4v) is 5.33. The Bertz CT molecular complexity index is 1220. The van der Waals surface area contributed by atoms with Gasteiger partial charge < -0.3 is 0 Å². The van der Waals surface area contributed by atoms with Crippen LogP contribution in [0.15, 0.2) is 48.7 Å². The monoisotopic (exact) mass is 369 g/mol. The van der Waals surface area contributed by atoms with Crippen LogP contribution in [0, 0.1) is 5.92 Å². The molecule has 2 nitrogen and oxygen atoms in total. The first-order chi connectivity index (χ1) is 13.6. The van der Waals surface area contributed by atoms with Crippen LogP contribution in [0.3, 0.4) is 0 Å². The summed E-state index contributed by atoms with van der Waals surface area (Å²) in [6, 6.07) is 15.7. The second-order valence-corrected chi connectivity index (χ2v) is 8.89. The molecule has 0 atom stereocenters. The Kier molecular flexibility index (Phi) is 3.94. The standard InChI is InChI=1S/C26H29N2/c1-5-26(6-2)15-18-10-9-13-21-20-11-7-8-12-22(20)24-25(23(18)21)28(26)16-19(27-24)14-17(3)4/h7-13,16-17H,5-6,14-15H2,1-4H3/q+1. The number of aromatic nitrogens is 2. The molecule has 0 fully saturated rings. The molecule has 2 heterocycles. The zero-order valence-electron chi connectivity index (χ0n) is 17.4. The molecular formula is C26H29N2+. The molecule has 0 saturated carbocycles. The first-order valence-corrected chi connectivity index (χ1v) is 10.8. The molecule has 5 rings (SSSR count). The predicted molar refractivity (Wildman–Crippen MR) is 118 cm³/mol. The summed E-state index contributed by atoms with van der Waals surface area (Å²) in [6.45, 7) is 9.26. The first kappa shape index (κ1) is 17.6. The second-order valence-electron chi connectivity index (χ2n) is 8.89. The van der Waals surface area contributed by atoms with Crippen LogP contribution in [0.2, 0.25) is 0 Å². The minimum atomic E-state index is 0.136. The Morgan fingerprint density at radius 2 is 1.68 bits per heavy atom. The molecule has 1 aliphatic rings.